The maximum Gasteiger partial charge on any atom is 0.180 e. The van der Waals surface area contributed by atoms with Crippen molar-refractivity contribution < 1.29 is 4.79 Å². The van der Waals surface area contributed by atoms with Gasteiger partial charge in [-0.15, -0.1) is 11.3 Å². The van der Waals surface area contributed by atoms with E-state index in [1.165, 1.54) is 17.7 Å². The van der Waals surface area contributed by atoms with E-state index in [4.69, 9.17) is 0 Å². The lowest BCUT2D eigenvalue weighted by atomic mass is 10.2. The molecule has 0 saturated heterocycles. The molecule has 0 aliphatic carbocycles. The van der Waals surface area contributed by atoms with Crippen LogP contribution in [0.5, 0.6) is 0 Å². The van der Waals surface area contributed by atoms with E-state index in [0.29, 0.717) is 6.42 Å². The molecule has 0 aliphatic heterocycles. The molecule has 84 valence electrons. The molecule has 0 unspecified atom stereocenters. The molecule has 0 aromatic carbocycles. The molecular weight excluding hydrogens is 290 g/mol. The molecule has 2 heterocycles. The molecule has 0 aliphatic rings. The number of hydrogen-bond acceptors (Lipinski definition) is 4. The summed E-state index contributed by atoms with van der Waals surface area (Å²) in [6, 6.07) is 3.70. The molecule has 2 aromatic rings. The molecule has 0 atom stereocenters. The zero-order chi connectivity index (χ0) is 11.5. The highest BCUT2D eigenvalue weighted by atomic mass is 79.9. The van der Waals surface area contributed by atoms with Crippen LogP contribution in [0.2, 0.25) is 0 Å². The zero-order valence-corrected chi connectivity index (χ0v) is 11.1. The van der Waals surface area contributed by atoms with Gasteiger partial charge in [-0.25, -0.2) is 9.67 Å². The number of thiophene rings is 1. The fraction of sp³-hybridized carbons (Fsp3) is 0.300. The summed E-state index contributed by atoms with van der Waals surface area (Å²) in [4.78, 5) is 16.7. The van der Waals surface area contributed by atoms with E-state index >= 15 is 0 Å². The van der Waals surface area contributed by atoms with Gasteiger partial charge in [0.05, 0.1) is 15.1 Å². The number of hydrogen-bond donors (Lipinski definition) is 0. The van der Waals surface area contributed by atoms with Crippen LogP contribution in [0.3, 0.4) is 0 Å². The molecule has 0 bridgehead atoms. The second kappa shape index (κ2) is 4.88. The number of aromatic nitrogens is 3. The summed E-state index contributed by atoms with van der Waals surface area (Å²) in [5.41, 5.74) is 0. The maximum absolute atomic E-state index is 11.9. The standard InChI is InChI=1S/C10H10BrN3OS/c1-2-14-10(12-6-13-14)5-7(15)8-3-4-9(11)16-8/h3-4,6H,2,5H2,1H3. The molecule has 16 heavy (non-hydrogen) atoms. The van der Waals surface area contributed by atoms with Crippen LogP contribution in [0.4, 0.5) is 0 Å². The van der Waals surface area contributed by atoms with E-state index in [0.717, 1.165) is 21.0 Å². The molecule has 2 aromatic heterocycles. The Labute approximate surface area is 105 Å². The fourth-order valence-electron chi connectivity index (χ4n) is 1.38. The van der Waals surface area contributed by atoms with Gasteiger partial charge in [-0.3, -0.25) is 4.79 Å². The SMILES string of the molecule is CCn1ncnc1CC(=O)c1ccc(Br)s1. The van der Waals surface area contributed by atoms with Crippen LogP contribution in [0.15, 0.2) is 22.2 Å². The lowest BCUT2D eigenvalue weighted by Crippen LogP contribution is -2.09. The van der Waals surface area contributed by atoms with Crippen molar-refractivity contribution in [1.29, 1.82) is 0 Å². The Kier molecular flexibility index (Phi) is 3.50. The Bertz CT molecular complexity index is 506. The van der Waals surface area contributed by atoms with Gasteiger partial charge in [0.1, 0.15) is 12.2 Å². The van der Waals surface area contributed by atoms with Crippen LogP contribution in [-0.2, 0) is 13.0 Å². The third-order valence-corrected chi connectivity index (χ3v) is 3.83. The van der Waals surface area contributed by atoms with Crippen LogP contribution in [0.25, 0.3) is 0 Å². The summed E-state index contributed by atoms with van der Waals surface area (Å²) >= 11 is 4.78. The second-order valence-corrected chi connectivity index (χ2v) is 5.66. The molecule has 0 radical (unpaired) electrons. The Balaban J connectivity index is 2.13. The largest absolute Gasteiger partial charge is 0.293 e. The Morgan fingerprint density at radius 2 is 2.38 bits per heavy atom. The first kappa shape index (κ1) is 11.5. The number of ketones is 1. The zero-order valence-electron chi connectivity index (χ0n) is 8.68. The molecule has 6 heteroatoms. The normalized spacial score (nSPS) is 10.6. The van der Waals surface area contributed by atoms with Gasteiger partial charge in [-0.1, -0.05) is 0 Å². The van der Waals surface area contributed by atoms with E-state index in [1.54, 1.807) is 4.68 Å². The second-order valence-electron chi connectivity index (χ2n) is 3.20. The van der Waals surface area contributed by atoms with Crippen molar-refractivity contribution in [2.45, 2.75) is 19.9 Å². The molecule has 0 N–H and O–H groups in total. The van der Waals surface area contributed by atoms with E-state index in [9.17, 15) is 4.79 Å². The molecule has 0 saturated carbocycles. The third-order valence-electron chi connectivity index (χ3n) is 2.16. The van der Waals surface area contributed by atoms with Crippen molar-refractivity contribution in [1.82, 2.24) is 14.8 Å². The Hall–Kier alpha value is -1.01. The first-order valence-electron chi connectivity index (χ1n) is 4.86. The van der Waals surface area contributed by atoms with Crippen molar-refractivity contribution in [3.8, 4) is 0 Å². The number of Topliss-reactive ketones (excluding diaryl/α,β-unsaturated/α-hetero) is 1. The molecule has 0 fully saturated rings. The number of rotatable bonds is 4. The lowest BCUT2D eigenvalue weighted by Gasteiger charge is -2.00. The summed E-state index contributed by atoms with van der Waals surface area (Å²) < 4.78 is 2.70. The van der Waals surface area contributed by atoms with Gasteiger partial charge in [0, 0.05) is 6.54 Å². The van der Waals surface area contributed by atoms with Crippen LogP contribution in [0, 0.1) is 0 Å². The average Bonchev–Trinajstić information content (AvgIpc) is 2.86. The van der Waals surface area contributed by atoms with Crippen LogP contribution in [0.1, 0.15) is 22.4 Å². The molecule has 0 amide bonds. The van der Waals surface area contributed by atoms with Gasteiger partial charge in [0.25, 0.3) is 0 Å². The number of carbonyl (C=O) groups is 1. The van der Waals surface area contributed by atoms with Crippen molar-refractivity contribution in [2.24, 2.45) is 0 Å². The summed E-state index contributed by atoms with van der Waals surface area (Å²) in [7, 11) is 0. The topological polar surface area (TPSA) is 47.8 Å². The van der Waals surface area contributed by atoms with Crippen LogP contribution < -0.4 is 0 Å². The van der Waals surface area contributed by atoms with E-state index in [-0.39, 0.29) is 5.78 Å². The number of carbonyl (C=O) groups excluding carboxylic acids is 1. The summed E-state index contributed by atoms with van der Waals surface area (Å²) in [5.74, 6) is 0.801. The summed E-state index contributed by atoms with van der Waals surface area (Å²) in [6.07, 6.45) is 1.79. The maximum atomic E-state index is 11.9. The molecule has 2 rings (SSSR count). The highest BCUT2D eigenvalue weighted by molar-refractivity contribution is 9.11. The Morgan fingerprint density at radius 1 is 1.56 bits per heavy atom. The minimum atomic E-state index is 0.0819. The third kappa shape index (κ3) is 2.38. The predicted molar refractivity (Wildman–Crippen MR) is 65.7 cm³/mol. The van der Waals surface area contributed by atoms with E-state index in [1.807, 2.05) is 19.1 Å². The molecular formula is C10H10BrN3OS. The predicted octanol–water partition coefficient (Wildman–Crippen LogP) is 2.55. The summed E-state index contributed by atoms with van der Waals surface area (Å²) in [6.45, 7) is 2.71. The van der Waals surface area contributed by atoms with E-state index < -0.39 is 0 Å². The first-order chi connectivity index (χ1) is 7.70. The highest BCUT2D eigenvalue weighted by Gasteiger charge is 2.13. The lowest BCUT2D eigenvalue weighted by molar-refractivity contribution is 0.0993. The Morgan fingerprint density at radius 3 is 3.00 bits per heavy atom. The van der Waals surface area contributed by atoms with Crippen molar-refractivity contribution in [2.75, 3.05) is 0 Å². The monoisotopic (exact) mass is 299 g/mol. The quantitative estimate of drug-likeness (QED) is 0.815. The van der Waals surface area contributed by atoms with Gasteiger partial charge in [0.15, 0.2) is 5.78 Å². The van der Waals surface area contributed by atoms with Gasteiger partial charge in [0.2, 0.25) is 0 Å². The number of halogens is 1. The van der Waals surface area contributed by atoms with Crippen molar-refractivity contribution >= 4 is 33.0 Å². The van der Waals surface area contributed by atoms with Crippen molar-refractivity contribution in [3.05, 3.63) is 32.9 Å². The van der Waals surface area contributed by atoms with Gasteiger partial charge in [-0.2, -0.15) is 5.10 Å². The van der Waals surface area contributed by atoms with Crippen molar-refractivity contribution in [3.63, 3.8) is 0 Å². The highest BCUT2D eigenvalue weighted by Crippen LogP contribution is 2.23. The van der Waals surface area contributed by atoms with Crippen LogP contribution >= 0.6 is 27.3 Å². The van der Waals surface area contributed by atoms with Crippen LogP contribution in [-0.4, -0.2) is 20.5 Å². The first-order valence-corrected chi connectivity index (χ1v) is 6.47. The average molecular weight is 300 g/mol. The minimum absolute atomic E-state index is 0.0819. The molecule has 4 nitrogen and oxygen atoms in total. The van der Waals surface area contributed by atoms with E-state index in [2.05, 4.69) is 26.0 Å². The number of aryl methyl sites for hydroxylation is 1. The minimum Gasteiger partial charge on any atom is -0.293 e. The van der Waals surface area contributed by atoms with Gasteiger partial charge < -0.3 is 0 Å². The fourth-order valence-corrected chi connectivity index (χ4v) is 2.71. The van der Waals surface area contributed by atoms with Gasteiger partial charge >= 0.3 is 0 Å². The summed E-state index contributed by atoms with van der Waals surface area (Å²) in [5, 5.41) is 4.03. The smallest absolute Gasteiger partial charge is 0.180 e. The molecule has 0 spiro atoms. The number of nitrogens with zero attached hydrogens (tertiary/aromatic N) is 3. The van der Waals surface area contributed by atoms with Gasteiger partial charge in [-0.05, 0) is 35.0 Å².